The summed E-state index contributed by atoms with van der Waals surface area (Å²) in [5.41, 5.74) is 2.72. The van der Waals surface area contributed by atoms with Crippen molar-refractivity contribution in [2.45, 2.75) is 51.6 Å². The molecule has 0 heterocycles. The van der Waals surface area contributed by atoms with E-state index in [1.165, 1.54) is 47.7 Å². The molecule has 1 fully saturated rings. The minimum atomic E-state index is 0.737. The van der Waals surface area contributed by atoms with Crippen molar-refractivity contribution in [3.63, 3.8) is 0 Å². The molecular formula is C14H20BrN. The van der Waals surface area contributed by atoms with Crippen LogP contribution >= 0.6 is 15.9 Å². The van der Waals surface area contributed by atoms with Crippen molar-refractivity contribution in [1.82, 2.24) is 5.32 Å². The molecule has 0 bridgehead atoms. The molecule has 88 valence electrons. The molecule has 0 spiro atoms. The van der Waals surface area contributed by atoms with Crippen LogP contribution in [0.2, 0.25) is 0 Å². The second kappa shape index (κ2) is 5.83. The van der Waals surface area contributed by atoms with Gasteiger partial charge in [0.1, 0.15) is 0 Å². The largest absolute Gasteiger partial charge is 0.310 e. The lowest BCUT2D eigenvalue weighted by Crippen LogP contribution is -2.30. The second-order valence-electron chi connectivity index (χ2n) is 4.81. The molecule has 1 N–H and O–H groups in total. The van der Waals surface area contributed by atoms with Gasteiger partial charge in [0.15, 0.2) is 0 Å². The van der Waals surface area contributed by atoms with Gasteiger partial charge in [0.25, 0.3) is 0 Å². The molecule has 2 heteroatoms. The molecule has 1 aliphatic rings. The zero-order chi connectivity index (χ0) is 11.4. The third-order valence-electron chi connectivity index (χ3n) is 3.39. The molecule has 1 aromatic carbocycles. The molecule has 1 aliphatic carbocycles. The minimum Gasteiger partial charge on any atom is -0.310 e. The van der Waals surface area contributed by atoms with Gasteiger partial charge < -0.3 is 5.32 Å². The van der Waals surface area contributed by atoms with Crippen molar-refractivity contribution >= 4 is 15.9 Å². The Morgan fingerprint density at radius 2 is 2.00 bits per heavy atom. The van der Waals surface area contributed by atoms with E-state index < -0.39 is 0 Å². The fraction of sp³-hybridized carbons (Fsp3) is 0.571. The number of hydrogen-bond acceptors (Lipinski definition) is 1. The minimum absolute atomic E-state index is 0.737. The highest BCUT2D eigenvalue weighted by Gasteiger charge is 2.12. The van der Waals surface area contributed by atoms with E-state index in [1.54, 1.807) is 0 Å². The first-order valence-corrected chi connectivity index (χ1v) is 7.03. The smallest absolute Gasteiger partial charge is 0.0220 e. The Labute approximate surface area is 107 Å². The maximum atomic E-state index is 3.68. The van der Waals surface area contributed by atoms with Crippen molar-refractivity contribution in [1.29, 1.82) is 0 Å². The predicted octanol–water partition coefficient (Wildman–Crippen LogP) is 4.18. The lowest BCUT2D eigenvalue weighted by Gasteiger charge is -2.23. The Kier molecular flexibility index (Phi) is 4.42. The monoisotopic (exact) mass is 281 g/mol. The lowest BCUT2D eigenvalue weighted by molar-refractivity contribution is 0.372. The molecule has 1 saturated carbocycles. The van der Waals surface area contributed by atoms with Gasteiger partial charge in [0.05, 0.1) is 0 Å². The van der Waals surface area contributed by atoms with Gasteiger partial charge in [-0.2, -0.15) is 0 Å². The first kappa shape index (κ1) is 12.1. The summed E-state index contributed by atoms with van der Waals surface area (Å²) in [4.78, 5) is 0. The zero-order valence-electron chi connectivity index (χ0n) is 9.93. The average Bonchev–Trinajstić information content (AvgIpc) is 2.32. The van der Waals surface area contributed by atoms with E-state index in [0.717, 1.165) is 12.6 Å². The van der Waals surface area contributed by atoms with Gasteiger partial charge in [-0.3, -0.25) is 0 Å². The maximum Gasteiger partial charge on any atom is 0.0220 e. The summed E-state index contributed by atoms with van der Waals surface area (Å²) in [6, 6.07) is 7.29. The molecule has 0 amide bonds. The highest BCUT2D eigenvalue weighted by Crippen LogP contribution is 2.21. The normalized spacial score (nSPS) is 17.6. The summed E-state index contributed by atoms with van der Waals surface area (Å²) in [6.07, 6.45) is 6.92. The van der Waals surface area contributed by atoms with Gasteiger partial charge >= 0.3 is 0 Å². The molecular weight excluding hydrogens is 262 g/mol. The number of nitrogens with one attached hydrogen (secondary N) is 1. The SMILES string of the molecule is Cc1ccc(Br)c(CNC2CCCCC2)c1. The van der Waals surface area contributed by atoms with Crippen molar-refractivity contribution in [2.24, 2.45) is 0 Å². The zero-order valence-corrected chi connectivity index (χ0v) is 11.5. The van der Waals surface area contributed by atoms with Gasteiger partial charge in [-0.1, -0.05) is 52.9 Å². The van der Waals surface area contributed by atoms with Crippen LogP contribution in [0.4, 0.5) is 0 Å². The number of rotatable bonds is 3. The number of halogens is 1. The number of benzene rings is 1. The van der Waals surface area contributed by atoms with Gasteiger partial charge in [-0.15, -0.1) is 0 Å². The fourth-order valence-electron chi connectivity index (χ4n) is 2.40. The Morgan fingerprint density at radius 3 is 2.75 bits per heavy atom. The molecule has 0 radical (unpaired) electrons. The van der Waals surface area contributed by atoms with Crippen LogP contribution in [-0.2, 0) is 6.54 Å². The Balaban J connectivity index is 1.90. The summed E-state index contributed by atoms with van der Waals surface area (Å²) in [6.45, 7) is 3.14. The van der Waals surface area contributed by atoms with Crippen LogP contribution < -0.4 is 5.32 Å². The van der Waals surface area contributed by atoms with Crippen molar-refractivity contribution < 1.29 is 0 Å². The van der Waals surface area contributed by atoms with E-state index in [-0.39, 0.29) is 0 Å². The molecule has 0 atom stereocenters. The first-order chi connectivity index (χ1) is 7.75. The lowest BCUT2D eigenvalue weighted by atomic mass is 9.95. The van der Waals surface area contributed by atoms with E-state index in [4.69, 9.17) is 0 Å². The molecule has 0 aliphatic heterocycles. The number of aryl methyl sites for hydroxylation is 1. The van der Waals surface area contributed by atoms with Crippen LogP contribution in [0.3, 0.4) is 0 Å². The molecule has 0 unspecified atom stereocenters. The summed E-state index contributed by atoms with van der Waals surface area (Å²) in [5.74, 6) is 0. The van der Waals surface area contributed by atoms with Crippen LogP contribution in [0.25, 0.3) is 0 Å². The van der Waals surface area contributed by atoms with Crippen LogP contribution in [0.15, 0.2) is 22.7 Å². The van der Waals surface area contributed by atoms with Crippen LogP contribution in [0.1, 0.15) is 43.2 Å². The van der Waals surface area contributed by atoms with Crippen molar-refractivity contribution in [3.8, 4) is 0 Å². The average molecular weight is 282 g/mol. The van der Waals surface area contributed by atoms with E-state index in [2.05, 4.69) is 46.4 Å². The van der Waals surface area contributed by atoms with E-state index >= 15 is 0 Å². The van der Waals surface area contributed by atoms with E-state index in [9.17, 15) is 0 Å². The molecule has 0 aromatic heterocycles. The van der Waals surface area contributed by atoms with E-state index in [1.807, 2.05) is 0 Å². The quantitative estimate of drug-likeness (QED) is 0.877. The van der Waals surface area contributed by atoms with Gasteiger partial charge in [-0.05, 0) is 31.4 Å². The highest BCUT2D eigenvalue weighted by molar-refractivity contribution is 9.10. The maximum absolute atomic E-state index is 3.68. The van der Waals surface area contributed by atoms with Crippen molar-refractivity contribution in [2.75, 3.05) is 0 Å². The summed E-state index contributed by atoms with van der Waals surface area (Å²) in [5, 5.41) is 3.68. The summed E-state index contributed by atoms with van der Waals surface area (Å²) < 4.78 is 1.22. The summed E-state index contributed by atoms with van der Waals surface area (Å²) >= 11 is 3.62. The predicted molar refractivity (Wildman–Crippen MR) is 72.6 cm³/mol. The molecule has 1 aromatic rings. The molecule has 0 saturated heterocycles. The Bertz CT molecular complexity index is 343. The molecule has 1 nitrogen and oxygen atoms in total. The Hall–Kier alpha value is -0.340. The molecule has 16 heavy (non-hydrogen) atoms. The molecule has 2 rings (SSSR count). The summed E-state index contributed by atoms with van der Waals surface area (Å²) in [7, 11) is 0. The van der Waals surface area contributed by atoms with E-state index in [0.29, 0.717) is 0 Å². The standard InChI is InChI=1S/C14H20BrN/c1-11-7-8-14(15)12(9-11)10-16-13-5-3-2-4-6-13/h7-9,13,16H,2-6,10H2,1H3. The number of hydrogen-bond donors (Lipinski definition) is 1. The Morgan fingerprint density at radius 1 is 1.25 bits per heavy atom. The topological polar surface area (TPSA) is 12.0 Å². The third-order valence-corrected chi connectivity index (χ3v) is 4.16. The van der Waals surface area contributed by atoms with Crippen LogP contribution in [-0.4, -0.2) is 6.04 Å². The highest BCUT2D eigenvalue weighted by atomic mass is 79.9. The third kappa shape index (κ3) is 3.33. The fourth-order valence-corrected chi connectivity index (χ4v) is 2.79. The van der Waals surface area contributed by atoms with Crippen LogP contribution in [0, 0.1) is 6.92 Å². The van der Waals surface area contributed by atoms with Gasteiger partial charge in [0, 0.05) is 17.1 Å². The first-order valence-electron chi connectivity index (χ1n) is 6.24. The second-order valence-corrected chi connectivity index (χ2v) is 5.67. The van der Waals surface area contributed by atoms with Gasteiger partial charge in [0.2, 0.25) is 0 Å². The van der Waals surface area contributed by atoms with Gasteiger partial charge in [-0.25, -0.2) is 0 Å². The van der Waals surface area contributed by atoms with Crippen molar-refractivity contribution in [3.05, 3.63) is 33.8 Å². The van der Waals surface area contributed by atoms with Crippen LogP contribution in [0.5, 0.6) is 0 Å².